The molecule has 1 spiro atoms. The van der Waals surface area contributed by atoms with Crippen molar-refractivity contribution < 1.29 is 19.0 Å². The van der Waals surface area contributed by atoms with E-state index >= 15 is 0 Å². The van der Waals surface area contributed by atoms with Crippen molar-refractivity contribution in [3.05, 3.63) is 138 Å². The third kappa shape index (κ3) is 5.91. The van der Waals surface area contributed by atoms with E-state index in [2.05, 4.69) is 57.2 Å². The van der Waals surface area contributed by atoms with Crippen LogP contribution in [0.2, 0.25) is 0 Å². The molecule has 0 aromatic heterocycles. The van der Waals surface area contributed by atoms with Crippen molar-refractivity contribution >= 4 is 28.9 Å². The SMILES string of the molecule is COC(=O)C1/C(=C\Cc2ccccc2)N(c2ccccc2)C(=S)C12N(Cc1ccc(OC)cc1)CCN2Cc1ccc(OC)cc1. The van der Waals surface area contributed by atoms with E-state index in [4.69, 9.17) is 26.4 Å². The fourth-order valence-corrected chi connectivity index (χ4v) is 7.34. The first-order valence-electron chi connectivity index (χ1n) is 15.5. The van der Waals surface area contributed by atoms with Crippen molar-refractivity contribution in [2.24, 2.45) is 5.92 Å². The van der Waals surface area contributed by atoms with Crippen LogP contribution in [0.25, 0.3) is 0 Å². The summed E-state index contributed by atoms with van der Waals surface area (Å²) in [6, 6.07) is 36.6. The van der Waals surface area contributed by atoms with Crippen LogP contribution in [0.5, 0.6) is 11.5 Å². The molecule has 2 aliphatic rings. The van der Waals surface area contributed by atoms with E-state index in [-0.39, 0.29) is 5.97 Å². The summed E-state index contributed by atoms with van der Waals surface area (Å²) in [6.07, 6.45) is 2.79. The zero-order valence-corrected chi connectivity index (χ0v) is 27.3. The predicted molar refractivity (Wildman–Crippen MR) is 185 cm³/mol. The van der Waals surface area contributed by atoms with Gasteiger partial charge in [0.15, 0.2) is 0 Å². The first-order valence-corrected chi connectivity index (χ1v) is 15.9. The highest BCUT2D eigenvalue weighted by molar-refractivity contribution is 7.80. The van der Waals surface area contributed by atoms with E-state index in [0.29, 0.717) is 37.6 Å². The minimum atomic E-state index is -0.972. The summed E-state index contributed by atoms with van der Waals surface area (Å²) >= 11 is 6.57. The fraction of sp³-hybridized carbons (Fsp3) is 0.263. The van der Waals surface area contributed by atoms with Gasteiger partial charge in [0.25, 0.3) is 0 Å². The van der Waals surface area contributed by atoms with Crippen LogP contribution in [-0.4, -0.2) is 60.8 Å². The average Bonchev–Trinajstić information content (AvgIpc) is 3.58. The Balaban J connectivity index is 1.52. The zero-order valence-electron chi connectivity index (χ0n) is 26.5. The van der Waals surface area contributed by atoms with E-state index in [0.717, 1.165) is 39.6 Å². The molecule has 2 aliphatic heterocycles. The van der Waals surface area contributed by atoms with Gasteiger partial charge in [-0.05, 0) is 59.5 Å². The summed E-state index contributed by atoms with van der Waals surface area (Å²) in [5.41, 5.74) is 4.12. The predicted octanol–water partition coefficient (Wildman–Crippen LogP) is 6.48. The standard InChI is InChI=1S/C38H39N3O4S/c1-43-32-19-14-29(15-20-32)26-39-24-25-40(27-30-16-21-33(44-2)22-17-30)38(39)35(36(42)45-3)34(23-18-28-10-6-4-7-11-28)41(37(38)46)31-12-8-5-9-13-31/h4-17,19-23,35H,18,24-27H2,1-3H3/b34-23+. The Bertz CT molecular complexity index is 1620. The molecular formula is C38H39N3O4S. The number of benzene rings is 4. The second-order valence-electron chi connectivity index (χ2n) is 11.5. The second-order valence-corrected chi connectivity index (χ2v) is 11.9. The first-order chi connectivity index (χ1) is 22.5. The monoisotopic (exact) mass is 633 g/mol. The molecule has 0 bridgehead atoms. The van der Waals surface area contributed by atoms with Gasteiger partial charge in [0, 0.05) is 37.6 Å². The molecule has 0 radical (unpaired) electrons. The van der Waals surface area contributed by atoms with Gasteiger partial charge in [-0.1, -0.05) is 91.1 Å². The maximum atomic E-state index is 14.2. The van der Waals surface area contributed by atoms with Gasteiger partial charge in [-0.25, -0.2) is 0 Å². The number of para-hydroxylation sites is 1. The molecule has 4 aromatic rings. The smallest absolute Gasteiger partial charge is 0.318 e. The number of hydrogen-bond acceptors (Lipinski definition) is 7. The summed E-state index contributed by atoms with van der Waals surface area (Å²) in [4.78, 5) is 21.7. The van der Waals surface area contributed by atoms with Crippen LogP contribution in [-0.2, 0) is 29.0 Å². The topological polar surface area (TPSA) is 54.5 Å². The van der Waals surface area contributed by atoms with Crippen molar-refractivity contribution in [2.45, 2.75) is 25.2 Å². The summed E-state index contributed by atoms with van der Waals surface area (Å²) in [5.74, 6) is 0.576. The number of hydrogen-bond donors (Lipinski definition) is 0. The molecular weight excluding hydrogens is 595 g/mol. The number of thiocarbonyl (C=S) groups is 1. The Hall–Kier alpha value is -4.50. The summed E-state index contributed by atoms with van der Waals surface area (Å²) in [6.45, 7) is 2.60. The Labute approximate surface area is 276 Å². The highest BCUT2D eigenvalue weighted by Crippen LogP contribution is 2.50. The molecule has 7 nitrogen and oxygen atoms in total. The number of anilines is 1. The minimum Gasteiger partial charge on any atom is -0.497 e. The van der Waals surface area contributed by atoms with Gasteiger partial charge in [-0.15, -0.1) is 0 Å². The molecule has 46 heavy (non-hydrogen) atoms. The van der Waals surface area contributed by atoms with Crippen LogP contribution in [0.1, 0.15) is 16.7 Å². The third-order valence-electron chi connectivity index (χ3n) is 8.98. The van der Waals surface area contributed by atoms with Crippen molar-refractivity contribution in [2.75, 3.05) is 39.3 Å². The number of allylic oxidation sites excluding steroid dienone is 1. The molecule has 8 heteroatoms. The van der Waals surface area contributed by atoms with Crippen molar-refractivity contribution in [1.82, 2.24) is 9.80 Å². The maximum absolute atomic E-state index is 14.2. The molecule has 0 saturated carbocycles. The number of methoxy groups -OCH3 is 3. The van der Waals surface area contributed by atoms with E-state index in [9.17, 15) is 4.79 Å². The number of carbonyl (C=O) groups excluding carboxylic acids is 1. The van der Waals surface area contributed by atoms with E-state index in [1.54, 1.807) is 14.2 Å². The Morgan fingerprint density at radius 3 is 1.72 bits per heavy atom. The minimum absolute atomic E-state index is 0.318. The molecule has 2 fully saturated rings. The van der Waals surface area contributed by atoms with E-state index < -0.39 is 11.6 Å². The van der Waals surface area contributed by atoms with Gasteiger partial charge in [0.05, 0.1) is 21.3 Å². The molecule has 1 unspecified atom stereocenters. The largest absolute Gasteiger partial charge is 0.497 e. The van der Waals surface area contributed by atoms with Crippen molar-refractivity contribution in [3.63, 3.8) is 0 Å². The highest BCUT2D eigenvalue weighted by atomic mass is 32.1. The highest BCUT2D eigenvalue weighted by Gasteiger charge is 2.66. The molecule has 4 aromatic carbocycles. The molecule has 2 heterocycles. The number of ether oxygens (including phenoxy) is 3. The van der Waals surface area contributed by atoms with Gasteiger partial charge in [-0.2, -0.15) is 0 Å². The van der Waals surface area contributed by atoms with E-state index in [1.165, 1.54) is 7.11 Å². The average molecular weight is 634 g/mol. The number of carbonyl (C=O) groups is 1. The van der Waals surface area contributed by atoms with E-state index in [1.807, 2.05) is 72.8 Å². The normalized spacial score (nSPS) is 18.8. The molecule has 2 saturated heterocycles. The van der Waals surface area contributed by atoms with Gasteiger partial charge in [0.1, 0.15) is 28.1 Å². The summed E-state index contributed by atoms with van der Waals surface area (Å²) in [7, 11) is 4.80. The van der Waals surface area contributed by atoms with Crippen molar-refractivity contribution in [3.8, 4) is 11.5 Å². The lowest BCUT2D eigenvalue weighted by Gasteiger charge is -2.43. The Morgan fingerprint density at radius 2 is 1.24 bits per heavy atom. The van der Waals surface area contributed by atoms with Crippen LogP contribution in [0.15, 0.2) is 121 Å². The van der Waals surface area contributed by atoms with Crippen molar-refractivity contribution in [1.29, 1.82) is 0 Å². The molecule has 0 N–H and O–H groups in total. The zero-order chi connectivity index (χ0) is 32.1. The molecule has 1 atom stereocenters. The lowest BCUT2D eigenvalue weighted by atomic mass is 9.89. The first kappa shape index (κ1) is 31.5. The van der Waals surface area contributed by atoms with Crippen LogP contribution >= 0.6 is 12.2 Å². The molecule has 236 valence electrons. The summed E-state index contributed by atoms with van der Waals surface area (Å²) in [5, 5.41) is 0. The molecule has 0 aliphatic carbocycles. The third-order valence-corrected chi connectivity index (χ3v) is 9.47. The number of nitrogens with zero attached hydrogens (tertiary/aromatic N) is 3. The fourth-order valence-electron chi connectivity index (χ4n) is 6.75. The quantitative estimate of drug-likeness (QED) is 0.145. The lowest BCUT2D eigenvalue weighted by molar-refractivity contribution is -0.150. The summed E-state index contributed by atoms with van der Waals surface area (Å²) < 4.78 is 16.5. The van der Waals surface area contributed by atoms with Crippen LogP contribution in [0.4, 0.5) is 5.69 Å². The van der Waals surface area contributed by atoms with Gasteiger partial charge in [-0.3, -0.25) is 14.6 Å². The van der Waals surface area contributed by atoms with Crippen LogP contribution < -0.4 is 14.4 Å². The number of rotatable bonds is 10. The lowest BCUT2D eigenvalue weighted by Crippen LogP contribution is -2.62. The van der Waals surface area contributed by atoms with Gasteiger partial charge < -0.3 is 19.1 Å². The Morgan fingerprint density at radius 1 is 0.739 bits per heavy atom. The number of esters is 1. The van der Waals surface area contributed by atoms with Crippen LogP contribution in [0.3, 0.4) is 0 Å². The van der Waals surface area contributed by atoms with Gasteiger partial charge in [0.2, 0.25) is 0 Å². The second kappa shape index (κ2) is 13.9. The molecule has 6 rings (SSSR count). The van der Waals surface area contributed by atoms with Crippen LogP contribution in [0, 0.1) is 5.92 Å². The maximum Gasteiger partial charge on any atom is 0.318 e. The molecule has 0 amide bonds. The van der Waals surface area contributed by atoms with Gasteiger partial charge >= 0.3 is 5.97 Å². The Kier molecular flexibility index (Phi) is 9.49.